The number of nitrogens with zero attached hydrogens (tertiary/aromatic N) is 1. The lowest BCUT2D eigenvalue weighted by atomic mass is 10.3. The van der Waals surface area contributed by atoms with E-state index in [4.69, 9.17) is 0 Å². The standard InChI is InChI=1S/C10H16N2OS/c1-9-5-3-6-10(12-9)11-7-4-8-14(2)13/h3,5-6H,4,7-8H2,1-2H3,(H,11,12). The SMILES string of the molecule is Cc1cccc(NCCCS(C)=O)n1. The van der Waals surface area contributed by atoms with Crippen LogP contribution in [0.4, 0.5) is 5.82 Å². The fourth-order valence-electron chi connectivity index (χ4n) is 1.13. The Balaban J connectivity index is 2.28. The molecule has 0 spiro atoms. The monoisotopic (exact) mass is 212 g/mol. The maximum absolute atomic E-state index is 10.8. The lowest BCUT2D eigenvalue weighted by Crippen LogP contribution is -2.07. The Labute approximate surface area is 87.4 Å². The number of aromatic nitrogens is 1. The normalized spacial score (nSPS) is 12.4. The molecule has 1 aromatic rings. The maximum atomic E-state index is 10.8. The van der Waals surface area contributed by atoms with E-state index in [1.54, 1.807) is 6.26 Å². The fraction of sp³-hybridized carbons (Fsp3) is 0.500. The number of pyridine rings is 1. The van der Waals surface area contributed by atoms with E-state index in [9.17, 15) is 4.21 Å². The zero-order chi connectivity index (χ0) is 10.4. The molecule has 4 heteroatoms. The highest BCUT2D eigenvalue weighted by Gasteiger charge is 1.94. The molecule has 0 radical (unpaired) electrons. The molecule has 0 aliphatic rings. The predicted octanol–water partition coefficient (Wildman–Crippen LogP) is 1.57. The third-order valence-corrected chi connectivity index (χ3v) is 2.67. The first-order valence-electron chi connectivity index (χ1n) is 4.66. The van der Waals surface area contributed by atoms with Crippen LogP contribution in [-0.4, -0.2) is 27.7 Å². The number of hydrogen-bond acceptors (Lipinski definition) is 3. The van der Waals surface area contributed by atoms with E-state index in [0.717, 1.165) is 30.2 Å². The van der Waals surface area contributed by atoms with E-state index >= 15 is 0 Å². The minimum Gasteiger partial charge on any atom is -0.370 e. The first kappa shape index (κ1) is 11.2. The lowest BCUT2D eigenvalue weighted by molar-refractivity contribution is 0.685. The van der Waals surface area contributed by atoms with Gasteiger partial charge in [0.05, 0.1) is 0 Å². The van der Waals surface area contributed by atoms with E-state index in [1.165, 1.54) is 0 Å². The molecule has 1 unspecified atom stereocenters. The number of aryl methyl sites for hydroxylation is 1. The molecule has 0 aliphatic heterocycles. The van der Waals surface area contributed by atoms with Crippen molar-refractivity contribution in [1.29, 1.82) is 0 Å². The van der Waals surface area contributed by atoms with Gasteiger partial charge in [0.1, 0.15) is 5.82 Å². The summed E-state index contributed by atoms with van der Waals surface area (Å²) in [6.07, 6.45) is 2.64. The van der Waals surface area contributed by atoms with Crippen LogP contribution in [0.5, 0.6) is 0 Å². The van der Waals surface area contributed by atoms with Crippen molar-refractivity contribution >= 4 is 16.6 Å². The quantitative estimate of drug-likeness (QED) is 0.753. The highest BCUT2D eigenvalue weighted by atomic mass is 32.2. The Hall–Kier alpha value is -0.900. The number of anilines is 1. The zero-order valence-corrected chi connectivity index (χ0v) is 9.43. The van der Waals surface area contributed by atoms with Crippen LogP contribution in [0, 0.1) is 6.92 Å². The Morgan fingerprint density at radius 2 is 2.29 bits per heavy atom. The van der Waals surface area contributed by atoms with E-state index in [-0.39, 0.29) is 0 Å². The average molecular weight is 212 g/mol. The number of nitrogens with one attached hydrogen (secondary N) is 1. The Morgan fingerprint density at radius 1 is 1.50 bits per heavy atom. The van der Waals surface area contributed by atoms with Crippen molar-refractivity contribution in [2.45, 2.75) is 13.3 Å². The molecule has 3 nitrogen and oxygen atoms in total. The van der Waals surface area contributed by atoms with Gasteiger partial charge in [0.15, 0.2) is 0 Å². The highest BCUT2D eigenvalue weighted by molar-refractivity contribution is 7.84. The largest absolute Gasteiger partial charge is 0.370 e. The molecule has 14 heavy (non-hydrogen) atoms. The van der Waals surface area contributed by atoms with Crippen LogP contribution in [0.15, 0.2) is 18.2 Å². The van der Waals surface area contributed by atoms with Gasteiger partial charge in [-0.1, -0.05) is 6.07 Å². The molecule has 78 valence electrons. The zero-order valence-electron chi connectivity index (χ0n) is 8.62. The second-order valence-electron chi connectivity index (χ2n) is 3.22. The van der Waals surface area contributed by atoms with E-state index in [1.807, 2.05) is 25.1 Å². The van der Waals surface area contributed by atoms with Gasteiger partial charge < -0.3 is 5.32 Å². The summed E-state index contributed by atoms with van der Waals surface area (Å²) in [6, 6.07) is 5.88. The third-order valence-electron chi connectivity index (χ3n) is 1.80. The van der Waals surface area contributed by atoms with Crippen molar-refractivity contribution in [3.63, 3.8) is 0 Å². The van der Waals surface area contributed by atoms with Gasteiger partial charge in [-0.15, -0.1) is 0 Å². The molecule has 1 rings (SSSR count). The molecule has 1 heterocycles. The molecule has 0 fully saturated rings. The van der Waals surface area contributed by atoms with Crippen molar-refractivity contribution in [3.05, 3.63) is 23.9 Å². The average Bonchev–Trinajstić information content (AvgIpc) is 2.12. The summed E-state index contributed by atoms with van der Waals surface area (Å²) in [7, 11) is -0.688. The lowest BCUT2D eigenvalue weighted by Gasteiger charge is -2.04. The molecule has 0 saturated carbocycles. The van der Waals surface area contributed by atoms with Crippen LogP contribution < -0.4 is 5.32 Å². The van der Waals surface area contributed by atoms with Gasteiger partial charge in [0.2, 0.25) is 0 Å². The van der Waals surface area contributed by atoms with Crippen LogP contribution >= 0.6 is 0 Å². The second-order valence-corrected chi connectivity index (χ2v) is 4.78. The molecule has 1 aromatic heterocycles. The number of rotatable bonds is 5. The fourth-order valence-corrected chi connectivity index (χ4v) is 1.68. The molecule has 1 atom stereocenters. The Morgan fingerprint density at radius 3 is 2.93 bits per heavy atom. The smallest absolute Gasteiger partial charge is 0.126 e. The van der Waals surface area contributed by atoms with E-state index < -0.39 is 10.8 Å². The van der Waals surface area contributed by atoms with Crippen molar-refractivity contribution in [3.8, 4) is 0 Å². The van der Waals surface area contributed by atoms with Crippen LogP contribution in [-0.2, 0) is 10.8 Å². The molecule has 0 saturated heterocycles. The number of hydrogen-bond donors (Lipinski definition) is 1. The summed E-state index contributed by atoms with van der Waals surface area (Å²) in [4.78, 5) is 4.30. The molecule has 0 amide bonds. The van der Waals surface area contributed by atoms with Crippen LogP contribution in [0.1, 0.15) is 12.1 Å². The van der Waals surface area contributed by atoms with Gasteiger partial charge in [-0.05, 0) is 25.5 Å². The van der Waals surface area contributed by atoms with Gasteiger partial charge in [-0.25, -0.2) is 4.98 Å². The van der Waals surface area contributed by atoms with Gasteiger partial charge in [-0.3, -0.25) is 4.21 Å². The Kier molecular flexibility index (Phi) is 4.59. The molecule has 0 aliphatic carbocycles. The summed E-state index contributed by atoms with van der Waals surface area (Å²) in [5.74, 6) is 1.64. The summed E-state index contributed by atoms with van der Waals surface area (Å²) in [5, 5.41) is 3.20. The third kappa shape index (κ3) is 4.37. The summed E-state index contributed by atoms with van der Waals surface area (Å²) < 4.78 is 10.8. The van der Waals surface area contributed by atoms with Crippen molar-refractivity contribution in [1.82, 2.24) is 4.98 Å². The van der Waals surface area contributed by atoms with Crippen molar-refractivity contribution < 1.29 is 4.21 Å². The van der Waals surface area contributed by atoms with E-state index in [0.29, 0.717) is 0 Å². The van der Waals surface area contributed by atoms with Gasteiger partial charge >= 0.3 is 0 Å². The Bertz CT molecular complexity index is 315. The first-order chi connectivity index (χ1) is 6.68. The van der Waals surface area contributed by atoms with Gasteiger partial charge in [0.25, 0.3) is 0 Å². The van der Waals surface area contributed by atoms with Gasteiger partial charge in [0, 0.05) is 35.0 Å². The van der Waals surface area contributed by atoms with E-state index in [2.05, 4.69) is 10.3 Å². The highest BCUT2D eigenvalue weighted by Crippen LogP contribution is 2.03. The summed E-state index contributed by atoms with van der Waals surface area (Å²) >= 11 is 0. The minimum atomic E-state index is -0.688. The van der Waals surface area contributed by atoms with Crippen LogP contribution in [0.3, 0.4) is 0 Å². The molecule has 1 N–H and O–H groups in total. The molecule has 0 aromatic carbocycles. The van der Waals surface area contributed by atoms with Crippen LogP contribution in [0.25, 0.3) is 0 Å². The van der Waals surface area contributed by atoms with Gasteiger partial charge in [-0.2, -0.15) is 0 Å². The first-order valence-corrected chi connectivity index (χ1v) is 6.39. The van der Waals surface area contributed by atoms with Crippen molar-refractivity contribution in [2.24, 2.45) is 0 Å². The minimum absolute atomic E-state index is 0.688. The summed E-state index contributed by atoms with van der Waals surface area (Å²) in [6.45, 7) is 2.79. The molecule has 0 bridgehead atoms. The predicted molar refractivity (Wildman–Crippen MR) is 61.0 cm³/mol. The topological polar surface area (TPSA) is 42.0 Å². The molecular formula is C10H16N2OS. The molecular weight excluding hydrogens is 196 g/mol. The van der Waals surface area contributed by atoms with Crippen molar-refractivity contribution in [2.75, 3.05) is 23.9 Å². The second kappa shape index (κ2) is 5.75. The summed E-state index contributed by atoms with van der Waals surface area (Å²) in [5.41, 5.74) is 1.01. The maximum Gasteiger partial charge on any atom is 0.126 e. The van der Waals surface area contributed by atoms with Crippen LogP contribution in [0.2, 0.25) is 0 Å².